The zero-order valence-electron chi connectivity index (χ0n) is 7.86. The largest absolute Gasteiger partial charge is 0.357 e. The van der Waals surface area contributed by atoms with E-state index >= 15 is 0 Å². The summed E-state index contributed by atoms with van der Waals surface area (Å²) in [5.74, 6) is 0. The van der Waals surface area contributed by atoms with Gasteiger partial charge in [-0.25, -0.2) is 12.1 Å². The van der Waals surface area contributed by atoms with Crippen molar-refractivity contribution in [1.82, 2.24) is 9.97 Å². The van der Waals surface area contributed by atoms with Crippen molar-refractivity contribution in [2.45, 2.75) is 6.92 Å². The van der Waals surface area contributed by atoms with E-state index in [4.69, 9.17) is 0 Å². The monoisotopic (exact) mass is 257 g/mol. The molecule has 0 N–H and O–H groups in total. The van der Waals surface area contributed by atoms with Gasteiger partial charge in [0, 0.05) is 32.7 Å². The molecule has 0 saturated carbocycles. The Morgan fingerprint density at radius 2 is 1.93 bits per heavy atom. The van der Waals surface area contributed by atoms with Gasteiger partial charge < -0.3 is 9.97 Å². The molecule has 0 aliphatic rings. The summed E-state index contributed by atoms with van der Waals surface area (Å²) in [5.41, 5.74) is 2.55. The number of aryl methyl sites for hydroxylation is 1. The van der Waals surface area contributed by atoms with Crippen LogP contribution >= 0.6 is 0 Å². The third-order valence-corrected chi connectivity index (χ3v) is 1.67. The van der Waals surface area contributed by atoms with Crippen molar-refractivity contribution in [2.24, 2.45) is 0 Å². The van der Waals surface area contributed by atoms with Gasteiger partial charge in [-0.15, -0.1) is 23.5 Å². The van der Waals surface area contributed by atoms with Gasteiger partial charge in [-0.1, -0.05) is 6.92 Å². The molecule has 0 unspecified atom stereocenters. The molecule has 0 aromatic carbocycles. The summed E-state index contributed by atoms with van der Waals surface area (Å²) in [4.78, 5) is 8.30. The van der Waals surface area contributed by atoms with Gasteiger partial charge in [0.05, 0.1) is 0 Å². The summed E-state index contributed by atoms with van der Waals surface area (Å²) < 4.78 is 0. The van der Waals surface area contributed by atoms with Crippen LogP contribution in [0.5, 0.6) is 0 Å². The molecule has 0 spiro atoms. The van der Waals surface area contributed by atoms with Gasteiger partial charge in [0.2, 0.25) is 0 Å². The molecule has 0 fully saturated rings. The minimum Gasteiger partial charge on any atom is -0.357 e. The summed E-state index contributed by atoms with van der Waals surface area (Å²) in [6.45, 7) is 1.98. The first kappa shape index (κ1) is 11.5. The van der Waals surface area contributed by atoms with Gasteiger partial charge >= 0.3 is 0 Å². The first-order valence-corrected chi connectivity index (χ1v) is 4.04. The van der Waals surface area contributed by atoms with Gasteiger partial charge in [0.25, 0.3) is 0 Å². The molecular weight excluding hydrogens is 249 g/mol. The van der Waals surface area contributed by atoms with Gasteiger partial charge in [-0.3, -0.25) is 0 Å². The van der Waals surface area contributed by atoms with Crippen molar-refractivity contribution in [3.8, 4) is 11.4 Å². The van der Waals surface area contributed by atoms with Crippen LogP contribution in [0.3, 0.4) is 0 Å². The van der Waals surface area contributed by atoms with Crippen LogP contribution in [0.2, 0.25) is 0 Å². The molecule has 14 heavy (non-hydrogen) atoms. The molecule has 2 nitrogen and oxygen atoms in total. The molecule has 2 rings (SSSR count). The van der Waals surface area contributed by atoms with E-state index in [0.717, 1.165) is 17.0 Å². The van der Waals surface area contributed by atoms with E-state index in [1.165, 1.54) is 0 Å². The van der Waals surface area contributed by atoms with Gasteiger partial charge in [-0.05, 0) is 12.4 Å². The quantitative estimate of drug-likeness (QED) is 0.731. The minimum atomic E-state index is 0. The first-order valence-electron chi connectivity index (χ1n) is 4.04. The van der Waals surface area contributed by atoms with E-state index in [0.29, 0.717) is 0 Å². The fraction of sp³-hybridized carbons (Fsp3) is 0.0909. The predicted molar refractivity (Wildman–Crippen MR) is 49.9 cm³/mol. The van der Waals surface area contributed by atoms with Gasteiger partial charge in [-0.2, -0.15) is 11.6 Å². The Kier molecular flexibility index (Phi) is 4.37. The van der Waals surface area contributed by atoms with E-state index in [1.807, 2.05) is 25.1 Å². The Labute approximate surface area is 109 Å². The van der Waals surface area contributed by atoms with Crippen LogP contribution in [-0.2, 0) is 32.7 Å². The number of aromatic nitrogens is 2. The zero-order valence-corrected chi connectivity index (χ0v) is 10.7. The Morgan fingerprint density at radius 1 is 1.14 bits per heavy atom. The molecule has 2 aromatic rings. The number of hydrogen-bond acceptors (Lipinski definition) is 2. The molecule has 0 bridgehead atoms. The summed E-state index contributed by atoms with van der Waals surface area (Å²) >= 11 is 0. The maximum absolute atomic E-state index is 4.16. The predicted octanol–water partition coefficient (Wildman–Crippen LogP) is 2.05. The molecule has 0 aliphatic carbocycles. The molecule has 2 aromatic heterocycles. The molecule has 1 radical (unpaired) electrons. The topological polar surface area (TPSA) is 25.8 Å². The van der Waals surface area contributed by atoms with Gasteiger partial charge in [0.15, 0.2) is 0 Å². The molecule has 0 amide bonds. The van der Waals surface area contributed by atoms with Crippen LogP contribution in [0.4, 0.5) is 0 Å². The number of nitrogens with zero attached hydrogens (tertiary/aromatic N) is 2. The van der Waals surface area contributed by atoms with Crippen molar-refractivity contribution < 1.29 is 32.7 Å². The summed E-state index contributed by atoms with van der Waals surface area (Å²) in [6.07, 6.45) is 3.48. The van der Waals surface area contributed by atoms with Crippen molar-refractivity contribution >= 4 is 0 Å². The van der Waals surface area contributed by atoms with Crippen molar-refractivity contribution in [1.29, 1.82) is 0 Å². The van der Waals surface area contributed by atoms with Crippen molar-refractivity contribution in [3.05, 3.63) is 48.3 Å². The van der Waals surface area contributed by atoms with Crippen LogP contribution in [-0.4, -0.2) is 9.97 Å². The molecule has 0 atom stereocenters. The second-order valence-electron chi connectivity index (χ2n) is 2.73. The minimum absolute atomic E-state index is 0. The number of pyridine rings is 2. The molecular formula is C11H8N2Y-2. The van der Waals surface area contributed by atoms with Crippen LogP contribution in [0.1, 0.15) is 5.56 Å². The maximum atomic E-state index is 4.16. The first-order chi connectivity index (χ1) is 6.36. The maximum Gasteiger partial charge on any atom is 0 e. The second kappa shape index (κ2) is 5.33. The number of rotatable bonds is 1. The van der Waals surface area contributed by atoms with Gasteiger partial charge in [0.1, 0.15) is 0 Å². The molecule has 2 heterocycles. The summed E-state index contributed by atoms with van der Waals surface area (Å²) in [7, 11) is 0. The second-order valence-corrected chi connectivity index (χ2v) is 2.73. The van der Waals surface area contributed by atoms with Crippen molar-refractivity contribution in [3.63, 3.8) is 0 Å². The Morgan fingerprint density at radius 3 is 2.57 bits per heavy atom. The average Bonchev–Trinajstić information content (AvgIpc) is 2.19. The van der Waals surface area contributed by atoms with Crippen molar-refractivity contribution in [2.75, 3.05) is 0 Å². The Balaban J connectivity index is 0.000000980. The third-order valence-electron chi connectivity index (χ3n) is 1.67. The normalized spacial score (nSPS) is 9.21. The van der Waals surface area contributed by atoms with E-state index in [-0.39, 0.29) is 32.7 Å². The van der Waals surface area contributed by atoms with Crippen LogP contribution < -0.4 is 0 Å². The summed E-state index contributed by atoms with van der Waals surface area (Å²) in [6, 6.07) is 11.7. The fourth-order valence-corrected chi connectivity index (χ4v) is 1.06. The Bertz CT molecular complexity index is 401. The molecule has 3 heteroatoms. The molecule has 0 aliphatic heterocycles. The van der Waals surface area contributed by atoms with E-state index in [1.54, 1.807) is 12.4 Å². The Hall–Kier alpha value is -0.596. The molecule has 0 saturated heterocycles. The van der Waals surface area contributed by atoms with Crippen LogP contribution in [0, 0.1) is 19.1 Å². The number of hydrogen-bond donors (Lipinski definition) is 0. The third kappa shape index (κ3) is 2.69. The molecule has 67 valence electrons. The average molecular weight is 257 g/mol. The standard InChI is InChI=1S/C11H8N2.Y/c1-9-5-7-13-11(8-9)10-4-2-3-6-12-10;/h2-3,5-7H,1H3;/q-2;. The van der Waals surface area contributed by atoms with E-state index < -0.39 is 0 Å². The zero-order chi connectivity index (χ0) is 9.10. The van der Waals surface area contributed by atoms with Crippen LogP contribution in [0.15, 0.2) is 30.6 Å². The summed E-state index contributed by atoms with van der Waals surface area (Å²) in [5, 5.41) is 0. The van der Waals surface area contributed by atoms with E-state index in [9.17, 15) is 0 Å². The fourth-order valence-electron chi connectivity index (χ4n) is 1.06. The smallest absolute Gasteiger partial charge is 0 e. The van der Waals surface area contributed by atoms with E-state index in [2.05, 4.69) is 22.1 Å². The van der Waals surface area contributed by atoms with Crippen LogP contribution in [0.25, 0.3) is 11.4 Å². The SMILES string of the molecule is Cc1[c-]c(-c2[c-]cccn2)ncc1.[Y].